The number of rotatable bonds is 2. The Morgan fingerprint density at radius 1 is 1.23 bits per heavy atom. The van der Waals surface area contributed by atoms with Crippen LogP contribution in [0.4, 0.5) is 10.1 Å². The van der Waals surface area contributed by atoms with E-state index >= 15 is 0 Å². The molecular formula is C18H18FN3. The first kappa shape index (κ1) is 13.3. The summed E-state index contributed by atoms with van der Waals surface area (Å²) in [6, 6.07) is 12.2. The summed E-state index contributed by atoms with van der Waals surface area (Å²) in [4.78, 5) is 9.74. The van der Waals surface area contributed by atoms with Gasteiger partial charge in [0.25, 0.3) is 0 Å². The minimum Gasteiger partial charge on any atom is -0.364 e. The number of aryl methyl sites for hydroxylation is 1. The van der Waals surface area contributed by atoms with Crippen LogP contribution in [0.3, 0.4) is 0 Å². The second-order valence-corrected chi connectivity index (χ2v) is 5.96. The van der Waals surface area contributed by atoms with Crippen LogP contribution < -0.4 is 4.90 Å². The minimum absolute atomic E-state index is 0.132. The highest BCUT2D eigenvalue weighted by Gasteiger charge is 2.26. The lowest BCUT2D eigenvalue weighted by atomic mass is 10.0. The monoisotopic (exact) mass is 295 g/mol. The molecule has 0 radical (unpaired) electrons. The van der Waals surface area contributed by atoms with E-state index in [1.165, 1.54) is 5.56 Å². The van der Waals surface area contributed by atoms with Gasteiger partial charge in [-0.15, -0.1) is 0 Å². The maximum atomic E-state index is 13.9. The van der Waals surface area contributed by atoms with E-state index in [0.717, 1.165) is 36.1 Å². The Labute approximate surface area is 128 Å². The van der Waals surface area contributed by atoms with Crippen molar-refractivity contribution >= 4 is 16.7 Å². The van der Waals surface area contributed by atoms with Crippen LogP contribution in [0.5, 0.6) is 0 Å². The van der Waals surface area contributed by atoms with E-state index in [0.29, 0.717) is 11.6 Å². The second-order valence-electron chi connectivity index (χ2n) is 5.96. The fourth-order valence-electron chi connectivity index (χ4n) is 3.34. The third-order valence-electron chi connectivity index (χ3n) is 4.57. The smallest absolute Gasteiger partial charge is 0.128 e. The predicted octanol–water partition coefficient (Wildman–Crippen LogP) is 4.35. The molecule has 1 unspecified atom stereocenters. The van der Waals surface area contributed by atoms with Crippen molar-refractivity contribution in [1.29, 1.82) is 0 Å². The van der Waals surface area contributed by atoms with Crippen molar-refractivity contribution in [1.82, 2.24) is 9.97 Å². The average molecular weight is 295 g/mol. The van der Waals surface area contributed by atoms with E-state index < -0.39 is 0 Å². The Morgan fingerprint density at radius 3 is 3.00 bits per heavy atom. The first-order chi connectivity index (χ1) is 10.7. The number of anilines is 1. The molecule has 1 aliphatic rings. The SMILES string of the molecule is Cc1ccc(N2CCCC2c2ccc3nc[nH]c3c2)cc1F. The van der Waals surface area contributed by atoms with Gasteiger partial charge in [0.1, 0.15) is 5.82 Å². The lowest BCUT2D eigenvalue weighted by Crippen LogP contribution is -2.22. The van der Waals surface area contributed by atoms with Crippen LogP contribution in [0.25, 0.3) is 11.0 Å². The van der Waals surface area contributed by atoms with Gasteiger partial charge in [0.15, 0.2) is 0 Å². The molecule has 1 saturated heterocycles. The first-order valence-corrected chi connectivity index (χ1v) is 7.68. The van der Waals surface area contributed by atoms with E-state index in [2.05, 4.69) is 27.0 Å². The van der Waals surface area contributed by atoms with Crippen LogP contribution in [0, 0.1) is 12.7 Å². The number of fused-ring (bicyclic) bond motifs is 1. The van der Waals surface area contributed by atoms with Gasteiger partial charge in [0, 0.05) is 12.2 Å². The number of halogens is 1. The zero-order valence-electron chi connectivity index (χ0n) is 12.5. The topological polar surface area (TPSA) is 31.9 Å². The molecule has 3 nitrogen and oxygen atoms in total. The molecule has 1 aromatic heterocycles. The van der Waals surface area contributed by atoms with E-state index in [1.54, 1.807) is 19.3 Å². The molecule has 112 valence electrons. The van der Waals surface area contributed by atoms with Gasteiger partial charge in [-0.25, -0.2) is 9.37 Å². The van der Waals surface area contributed by atoms with Crippen molar-refractivity contribution in [2.45, 2.75) is 25.8 Å². The Bertz CT molecular complexity index is 824. The standard InChI is InChI=1S/C18H18FN3/c1-12-4-6-14(10-15(12)19)22-8-2-3-18(22)13-5-7-16-17(9-13)21-11-20-16/h4-7,9-11,18H,2-3,8H2,1H3,(H,20,21). The van der Waals surface area contributed by atoms with E-state index in [-0.39, 0.29) is 5.82 Å². The molecule has 1 atom stereocenters. The summed E-state index contributed by atoms with van der Waals surface area (Å²) in [7, 11) is 0. The van der Waals surface area contributed by atoms with Crippen LogP contribution in [-0.2, 0) is 0 Å². The van der Waals surface area contributed by atoms with Crippen molar-refractivity contribution in [3.63, 3.8) is 0 Å². The van der Waals surface area contributed by atoms with Crippen molar-refractivity contribution in [3.8, 4) is 0 Å². The molecule has 0 bridgehead atoms. The number of benzene rings is 2. The van der Waals surface area contributed by atoms with E-state index in [1.807, 2.05) is 18.2 Å². The number of H-pyrrole nitrogens is 1. The second kappa shape index (κ2) is 5.13. The average Bonchev–Trinajstić information content (AvgIpc) is 3.17. The van der Waals surface area contributed by atoms with Gasteiger partial charge in [-0.2, -0.15) is 0 Å². The number of nitrogens with one attached hydrogen (secondary N) is 1. The molecule has 0 saturated carbocycles. The number of hydrogen-bond donors (Lipinski definition) is 1. The van der Waals surface area contributed by atoms with Crippen LogP contribution in [0.15, 0.2) is 42.7 Å². The summed E-state index contributed by atoms with van der Waals surface area (Å²) in [5, 5.41) is 0. The van der Waals surface area contributed by atoms with Gasteiger partial charge in [-0.3, -0.25) is 0 Å². The summed E-state index contributed by atoms with van der Waals surface area (Å²) in [6.45, 7) is 2.76. The van der Waals surface area contributed by atoms with Crippen LogP contribution in [0.2, 0.25) is 0 Å². The Balaban J connectivity index is 1.71. The summed E-state index contributed by atoms with van der Waals surface area (Å²) in [5.41, 5.74) is 4.96. The summed E-state index contributed by atoms with van der Waals surface area (Å²) in [6.07, 6.45) is 3.94. The largest absolute Gasteiger partial charge is 0.364 e. The Morgan fingerprint density at radius 2 is 2.14 bits per heavy atom. The first-order valence-electron chi connectivity index (χ1n) is 7.68. The maximum absolute atomic E-state index is 13.9. The summed E-state index contributed by atoms with van der Waals surface area (Å²) >= 11 is 0. The van der Waals surface area contributed by atoms with E-state index in [9.17, 15) is 4.39 Å². The predicted molar refractivity (Wildman–Crippen MR) is 86.6 cm³/mol. The molecule has 1 N–H and O–H groups in total. The molecule has 4 heteroatoms. The number of hydrogen-bond acceptors (Lipinski definition) is 2. The summed E-state index contributed by atoms with van der Waals surface area (Å²) < 4.78 is 13.9. The van der Waals surface area contributed by atoms with Gasteiger partial charge in [-0.1, -0.05) is 12.1 Å². The molecular weight excluding hydrogens is 277 g/mol. The summed E-state index contributed by atoms with van der Waals surface area (Å²) in [5.74, 6) is -0.132. The molecule has 0 amide bonds. The fraction of sp³-hybridized carbons (Fsp3) is 0.278. The fourth-order valence-corrected chi connectivity index (χ4v) is 3.34. The highest BCUT2D eigenvalue weighted by atomic mass is 19.1. The molecule has 0 aliphatic carbocycles. The quantitative estimate of drug-likeness (QED) is 0.762. The van der Waals surface area contributed by atoms with Crippen LogP contribution in [-0.4, -0.2) is 16.5 Å². The maximum Gasteiger partial charge on any atom is 0.128 e. The normalized spacial score (nSPS) is 18.3. The number of aromatic amines is 1. The highest BCUT2D eigenvalue weighted by Crippen LogP contribution is 2.37. The number of imidazole rings is 1. The third-order valence-corrected chi connectivity index (χ3v) is 4.57. The molecule has 2 heterocycles. The van der Waals surface area contributed by atoms with Gasteiger partial charge in [0.2, 0.25) is 0 Å². The zero-order chi connectivity index (χ0) is 15.1. The van der Waals surface area contributed by atoms with Crippen molar-refractivity contribution in [3.05, 3.63) is 59.7 Å². The molecule has 0 spiro atoms. The van der Waals surface area contributed by atoms with Crippen molar-refractivity contribution < 1.29 is 4.39 Å². The van der Waals surface area contributed by atoms with Gasteiger partial charge in [0.05, 0.1) is 23.4 Å². The number of aromatic nitrogens is 2. The van der Waals surface area contributed by atoms with Gasteiger partial charge in [-0.05, 0) is 55.2 Å². The molecule has 3 aromatic rings. The van der Waals surface area contributed by atoms with Gasteiger partial charge >= 0.3 is 0 Å². The molecule has 22 heavy (non-hydrogen) atoms. The molecule has 2 aromatic carbocycles. The van der Waals surface area contributed by atoms with Gasteiger partial charge < -0.3 is 9.88 Å². The van der Waals surface area contributed by atoms with Crippen LogP contribution in [0.1, 0.15) is 30.0 Å². The lowest BCUT2D eigenvalue weighted by molar-refractivity contribution is 0.616. The lowest BCUT2D eigenvalue weighted by Gasteiger charge is -2.27. The van der Waals surface area contributed by atoms with Crippen molar-refractivity contribution in [2.75, 3.05) is 11.4 Å². The minimum atomic E-state index is -0.132. The molecule has 1 fully saturated rings. The Hall–Kier alpha value is -2.36. The van der Waals surface area contributed by atoms with E-state index in [4.69, 9.17) is 0 Å². The third kappa shape index (κ3) is 2.15. The van der Waals surface area contributed by atoms with Crippen molar-refractivity contribution in [2.24, 2.45) is 0 Å². The van der Waals surface area contributed by atoms with Crippen LogP contribution >= 0.6 is 0 Å². The number of nitrogens with zero attached hydrogens (tertiary/aromatic N) is 2. The highest BCUT2D eigenvalue weighted by molar-refractivity contribution is 5.75. The Kier molecular flexibility index (Phi) is 3.10. The molecule has 1 aliphatic heterocycles. The zero-order valence-corrected chi connectivity index (χ0v) is 12.5. The molecule has 4 rings (SSSR count).